The Morgan fingerprint density at radius 1 is 1.21 bits per heavy atom. The van der Waals surface area contributed by atoms with E-state index < -0.39 is 0 Å². The van der Waals surface area contributed by atoms with Gasteiger partial charge in [-0.2, -0.15) is 5.10 Å². The van der Waals surface area contributed by atoms with E-state index in [1.54, 1.807) is 18.2 Å². The van der Waals surface area contributed by atoms with Crippen LogP contribution in [0.2, 0.25) is 0 Å². The number of benzene rings is 1. The predicted octanol–water partition coefficient (Wildman–Crippen LogP) is 2.12. The van der Waals surface area contributed by atoms with Crippen LogP contribution < -0.4 is 20.1 Å². The van der Waals surface area contributed by atoms with Gasteiger partial charge in [-0.15, -0.1) is 0 Å². The Bertz CT molecular complexity index is 935. The van der Waals surface area contributed by atoms with Crippen molar-refractivity contribution in [1.82, 2.24) is 25.4 Å². The fourth-order valence-electron chi connectivity index (χ4n) is 2.87. The second-order valence-electron chi connectivity index (χ2n) is 6.53. The maximum absolute atomic E-state index is 12.4. The Balaban J connectivity index is 1.53. The molecule has 1 fully saturated rings. The van der Waals surface area contributed by atoms with E-state index >= 15 is 0 Å². The van der Waals surface area contributed by atoms with Crippen LogP contribution in [0.4, 0.5) is 0 Å². The van der Waals surface area contributed by atoms with E-state index in [1.165, 1.54) is 0 Å². The molecule has 1 aliphatic rings. The SMILES string of the molecule is CCOc1ccc(C(=O)NCC(=O)NCc2n[nH]c(=S)n2C2CC2)cc1OCC. The number of aromatic amines is 1. The van der Waals surface area contributed by atoms with Crippen LogP contribution in [0.5, 0.6) is 11.5 Å². The molecule has 2 amide bonds. The molecule has 10 heteroatoms. The van der Waals surface area contributed by atoms with Gasteiger partial charge in [-0.25, -0.2) is 0 Å². The van der Waals surface area contributed by atoms with Gasteiger partial charge in [0.05, 0.1) is 26.3 Å². The first-order valence-corrected chi connectivity index (χ1v) is 10.0. The second-order valence-corrected chi connectivity index (χ2v) is 6.92. The van der Waals surface area contributed by atoms with Crippen LogP contribution in [0.1, 0.15) is 48.9 Å². The summed E-state index contributed by atoms with van der Waals surface area (Å²) in [5.74, 6) is 1.07. The number of ether oxygens (including phenoxy) is 2. The van der Waals surface area contributed by atoms with Gasteiger partial charge in [-0.3, -0.25) is 19.3 Å². The number of hydrogen-bond acceptors (Lipinski definition) is 6. The molecule has 1 heterocycles. The van der Waals surface area contributed by atoms with Crippen molar-refractivity contribution in [3.8, 4) is 11.5 Å². The van der Waals surface area contributed by atoms with Crippen molar-refractivity contribution in [1.29, 1.82) is 0 Å². The molecule has 3 N–H and O–H groups in total. The number of nitrogens with one attached hydrogen (secondary N) is 3. The van der Waals surface area contributed by atoms with Crippen molar-refractivity contribution in [2.75, 3.05) is 19.8 Å². The normalized spacial score (nSPS) is 13.0. The average Bonchev–Trinajstić information content (AvgIpc) is 3.48. The standard InChI is InChI=1S/C19H25N5O4S/c1-3-27-14-8-5-12(9-15(14)28-4-2)18(26)21-11-17(25)20-10-16-22-23-19(29)24(16)13-6-7-13/h5,8-9,13H,3-4,6-7,10-11H2,1-2H3,(H,20,25)(H,21,26)(H,23,29). The maximum atomic E-state index is 12.4. The van der Waals surface area contributed by atoms with Crippen molar-refractivity contribution < 1.29 is 19.1 Å². The Labute approximate surface area is 173 Å². The highest BCUT2D eigenvalue weighted by atomic mass is 32.1. The Morgan fingerprint density at radius 3 is 2.62 bits per heavy atom. The summed E-state index contributed by atoms with van der Waals surface area (Å²) in [7, 11) is 0. The molecule has 29 heavy (non-hydrogen) atoms. The molecule has 0 saturated heterocycles. The smallest absolute Gasteiger partial charge is 0.251 e. The first-order valence-electron chi connectivity index (χ1n) is 9.63. The third-order valence-corrected chi connectivity index (χ3v) is 4.64. The predicted molar refractivity (Wildman–Crippen MR) is 109 cm³/mol. The minimum absolute atomic E-state index is 0.148. The van der Waals surface area contributed by atoms with Gasteiger partial charge in [0.15, 0.2) is 22.1 Å². The summed E-state index contributed by atoms with van der Waals surface area (Å²) < 4.78 is 13.5. The van der Waals surface area contributed by atoms with Crippen LogP contribution >= 0.6 is 12.2 Å². The van der Waals surface area contributed by atoms with Crippen molar-refractivity contribution >= 4 is 24.0 Å². The zero-order valence-corrected chi connectivity index (χ0v) is 17.3. The molecular weight excluding hydrogens is 394 g/mol. The summed E-state index contributed by atoms with van der Waals surface area (Å²) in [6.45, 7) is 4.77. The minimum Gasteiger partial charge on any atom is -0.490 e. The number of carbonyl (C=O) groups excluding carboxylic acids is 2. The fourth-order valence-corrected chi connectivity index (χ4v) is 3.17. The molecule has 0 spiro atoms. The maximum Gasteiger partial charge on any atom is 0.251 e. The third-order valence-electron chi connectivity index (χ3n) is 4.35. The fraction of sp³-hybridized carbons (Fsp3) is 0.474. The molecule has 0 radical (unpaired) electrons. The van der Waals surface area contributed by atoms with Crippen LogP contribution in [0.15, 0.2) is 18.2 Å². The molecule has 1 saturated carbocycles. The lowest BCUT2D eigenvalue weighted by Crippen LogP contribution is -2.37. The molecule has 0 bridgehead atoms. The van der Waals surface area contributed by atoms with E-state index in [1.807, 2.05) is 18.4 Å². The molecule has 9 nitrogen and oxygen atoms in total. The quantitative estimate of drug-likeness (QED) is 0.509. The van der Waals surface area contributed by atoms with E-state index in [9.17, 15) is 9.59 Å². The van der Waals surface area contributed by atoms with Gasteiger partial charge >= 0.3 is 0 Å². The summed E-state index contributed by atoms with van der Waals surface area (Å²) in [6.07, 6.45) is 2.13. The van der Waals surface area contributed by atoms with Crippen LogP contribution in [0.3, 0.4) is 0 Å². The van der Waals surface area contributed by atoms with Crippen LogP contribution in [-0.4, -0.2) is 46.3 Å². The van der Waals surface area contributed by atoms with Gasteiger partial charge in [0.25, 0.3) is 5.91 Å². The zero-order chi connectivity index (χ0) is 20.8. The Kier molecular flexibility index (Phi) is 6.86. The lowest BCUT2D eigenvalue weighted by atomic mass is 10.2. The van der Waals surface area contributed by atoms with E-state index in [2.05, 4.69) is 20.8 Å². The van der Waals surface area contributed by atoms with Gasteiger partial charge in [0, 0.05) is 11.6 Å². The number of H-pyrrole nitrogens is 1. The number of rotatable bonds is 10. The molecule has 3 rings (SSSR count). The van der Waals surface area contributed by atoms with Crippen molar-refractivity contribution in [3.63, 3.8) is 0 Å². The van der Waals surface area contributed by atoms with Gasteiger partial charge in [-0.05, 0) is 57.1 Å². The highest BCUT2D eigenvalue weighted by Gasteiger charge is 2.27. The summed E-state index contributed by atoms with van der Waals surface area (Å²) in [5.41, 5.74) is 0.388. The molecule has 0 aliphatic heterocycles. The summed E-state index contributed by atoms with van der Waals surface area (Å²) in [5, 5.41) is 12.3. The summed E-state index contributed by atoms with van der Waals surface area (Å²) in [6, 6.07) is 5.29. The number of amides is 2. The van der Waals surface area contributed by atoms with Crippen molar-refractivity contribution in [2.24, 2.45) is 0 Å². The molecule has 1 aromatic heterocycles. The molecule has 1 aliphatic carbocycles. The van der Waals surface area contributed by atoms with Crippen LogP contribution in [0, 0.1) is 4.77 Å². The molecule has 1 aromatic carbocycles. The zero-order valence-electron chi connectivity index (χ0n) is 16.5. The molecule has 0 unspecified atom stereocenters. The minimum atomic E-state index is -0.371. The second kappa shape index (κ2) is 9.55. The molecular formula is C19H25N5O4S. The monoisotopic (exact) mass is 419 g/mol. The lowest BCUT2D eigenvalue weighted by Gasteiger charge is -2.12. The van der Waals surface area contributed by atoms with E-state index in [0.29, 0.717) is 46.9 Å². The topological polar surface area (TPSA) is 110 Å². The highest BCUT2D eigenvalue weighted by Crippen LogP contribution is 2.35. The Morgan fingerprint density at radius 2 is 1.93 bits per heavy atom. The molecule has 0 atom stereocenters. The van der Waals surface area contributed by atoms with Gasteiger partial charge in [0.2, 0.25) is 5.91 Å². The first kappa shape index (κ1) is 20.8. The van der Waals surface area contributed by atoms with E-state index in [0.717, 1.165) is 12.8 Å². The first-order chi connectivity index (χ1) is 14.0. The number of nitrogens with zero attached hydrogens (tertiary/aromatic N) is 2. The van der Waals surface area contributed by atoms with E-state index in [4.69, 9.17) is 21.7 Å². The van der Waals surface area contributed by atoms with Gasteiger partial charge < -0.3 is 20.1 Å². The number of carbonyl (C=O) groups is 2. The van der Waals surface area contributed by atoms with E-state index in [-0.39, 0.29) is 24.9 Å². The largest absolute Gasteiger partial charge is 0.490 e. The summed E-state index contributed by atoms with van der Waals surface area (Å²) >= 11 is 5.22. The van der Waals surface area contributed by atoms with Crippen molar-refractivity contribution in [2.45, 2.75) is 39.3 Å². The van der Waals surface area contributed by atoms with Crippen LogP contribution in [-0.2, 0) is 11.3 Å². The Hall–Kier alpha value is -2.88. The molecule has 156 valence electrons. The number of aromatic nitrogens is 3. The van der Waals surface area contributed by atoms with Gasteiger partial charge in [0.1, 0.15) is 0 Å². The third kappa shape index (κ3) is 5.35. The average molecular weight is 420 g/mol. The molecule has 2 aromatic rings. The number of hydrogen-bond donors (Lipinski definition) is 3. The highest BCUT2D eigenvalue weighted by molar-refractivity contribution is 7.71. The van der Waals surface area contributed by atoms with Gasteiger partial charge in [-0.1, -0.05) is 0 Å². The lowest BCUT2D eigenvalue weighted by molar-refractivity contribution is -0.120. The summed E-state index contributed by atoms with van der Waals surface area (Å²) in [4.78, 5) is 24.5. The van der Waals surface area contributed by atoms with Crippen molar-refractivity contribution in [3.05, 3.63) is 34.4 Å². The van der Waals surface area contributed by atoms with Crippen LogP contribution in [0.25, 0.3) is 0 Å².